The summed E-state index contributed by atoms with van der Waals surface area (Å²) >= 11 is 0. The van der Waals surface area contributed by atoms with Crippen molar-refractivity contribution in [2.45, 2.75) is 12.5 Å². The molecule has 1 atom stereocenters. The van der Waals surface area contributed by atoms with Gasteiger partial charge in [-0.3, -0.25) is 14.4 Å². The summed E-state index contributed by atoms with van der Waals surface area (Å²) in [6.45, 7) is -0.536. The Hall–Kier alpha value is -3.35. The molecule has 0 unspecified atom stereocenters. The highest BCUT2D eigenvalue weighted by Crippen LogP contribution is 2.12. The van der Waals surface area contributed by atoms with Crippen LogP contribution in [0.1, 0.15) is 15.9 Å². The molecule has 0 aliphatic carbocycles. The summed E-state index contributed by atoms with van der Waals surface area (Å²) in [5, 5.41) is 22.9. The van der Waals surface area contributed by atoms with Crippen LogP contribution in [-0.4, -0.2) is 40.6 Å². The number of nitrogens with one attached hydrogen (secondary N) is 2. The van der Waals surface area contributed by atoms with Crippen molar-refractivity contribution in [1.29, 1.82) is 0 Å². The third-order valence-corrected chi connectivity index (χ3v) is 3.45. The Morgan fingerprint density at radius 3 is 2.20 bits per heavy atom. The minimum absolute atomic E-state index is 0.0870. The molecule has 2 aromatic carbocycles. The van der Waals surface area contributed by atoms with Gasteiger partial charge < -0.3 is 20.8 Å². The zero-order chi connectivity index (χ0) is 18.2. The summed E-state index contributed by atoms with van der Waals surface area (Å²) in [7, 11) is 0. The Labute approximate surface area is 144 Å². The maximum atomic E-state index is 12.3. The highest BCUT2D eigenvalue weighted by atomic mass is 16.4. The molecule has 0 radical (unpaired) electrons. The molecule has 0 aromatic heterocycles. The van der Waals surface area contributed by atoms with Gasteiger partial charge in [0.2, 0.25) is 5.91 Å². The smallest absolute Gasteiger partial charge is 0.322 e. The van der Waals surface area contributed by atoms with Crippen molar-refractivity contribution in [2.75, 3.05) is 6.54 Å². The van der Waals surface area contributed by atoms with Crippen LogP contribution in [0.5, 0.6) is 5.75 Å². The number of rotatable bonds is 7. The topological polar surface area (TPSA) is 116 Å². The molecular formula is C18H18N2O5. The Morgan fingerprint density at radius 2 is 1.60 bits per heavy atom. The van der Waals surface area contributed by atoms with E-state index in [1.165, 1.54) is 12.1 Å². The lowest BCUT2D eigenvalue weighted by Crippen LogP contribution is -2.49. The second-order valence-corrected chi connectivity index (χ2v) is 5.37. The first-order valence-electron chi connectivity index (χ1n) is 7.59. The van der Waals surface area contributed by atoms with Gasteiger partial charge in [0.25, 0.3) is 5.91 Å². The molecule has 0 saturated heterocycles. The van der Waals surface area contributed by atoms with Crippen LogP contribution in [-0.2, 0) is 16.0 Å². The molecule has 4 N–H and O–H groups in total. The van der Waals surface area contributed by atoms with E-state index in [4.69, 9.17) is 5.11 Å². The van der Waals surface area contributed by atoms with Crippen molar-refractivity contribution in [3.8, 4) is 5.75 Å². The number of carbonyl (C=O) groups is 3. The Bertz CT molecular complexity index is 744. The fourth-order valence-electron chi connectivity index (χ4n) is 2.19. The van der Waals surface area contributed by atoms with E-state index >= 15 is 0 Å². The van der Waals surface area contributed by atoms with Gasteiger partial charge in [0, 0.05) is 12.0 Å². The number of amides is 2. The molecule has 2 rings (SSSR count). The summed E-state index contributed by atoms with van der Waals surface area (Å²) < 4.78 is 0. The lowest BCUT2D eigenvalue weighted by molar-refractivity contribution is -0.138. The van der Waals surface area contributed by atoms with Gasteiger partial charge in [0.1, 0.15) is 18.3 Å². The Kier molecular flexibility index (Phi) is 6.11. The van der Waals surface area contributed by atoms with Crippen molar-refractivity contribution in [2.24, 2.45) is 0 Å². The van der Waals surface area contributed by atoms with Crippen LogP contribution in [0.4, 0.5) is 0 Å². The number of carboxylic acids is 1. The maximum absolute atomic E-state index is 12.3. The highest BCUT2D eigenvalue weighted by molar-refractivity contribution is 5.97. The molecule has 2 amide bonds. The van der Waals surface area contributed by atoms with Gasteiger partial charge in [-0.2, -0.15) is 0 Å². The van der Waals surface area contributed by atoms with E-state index in [2.05, 4.69) is 10.6 Å². The molecule has 130 valence electrons. The van der Waals surface area contributed by atoms with E-state index in [1.54, 1.807) is 42.5 Å². The van der Waals surface area contributed by atoms with Crippen LogP contribution in [0, 0.1) is 0 Å². The minimum Gasteiger partial charge on any atom is -0.508 e. The van der Waals surface area contributed by atoms with E-state index < -0.39 is 30.4 Å². The average Bonchev–Trinajstić information content (AvgIpc) is 2.61. The molecule has 7 nitrogen and oxygen atoms in total. The summed E-state index contributed by atoms with van der Waals surface area (Å²) in [4.78, 5) is 35.2. The SMILES string of the molecule is O=C(O)CNC(=O)[C@H](Cc1ccc(O)cc1)NC(=O)c1ccccc1. The van der Waals surface area contributed by atoms with E-state index in [1.807, 2.05) is 0 Å². The second kappa shape index (κ2) is 8.49. The second-order valence-electron chi connectivity index (χ2n) is 5.37. The molecule has 2 aromatic rings. The van der Waals surface area contributed by atoms with Crippen LogP contribution in [0.25, 0.3) is 0 Å². The molecule has 7 heteroatoms. The predicted molar refractivity (Wildman–Crippen MR) is 90.2 cm³/mol. The van der Waals surface area contributed by atoms with Crippen LogP contribution < -0.4 is 10.6 Å². The molecule has 0 heterocycles. The lowest BCUT2D eigenvalue weighted by atomic mass is 10.0. The van der Waals surface area contributed by atoms with Gasteiger partial charge in [0.05, 0.1) is 0 Å². The van der Waals surface area contributed by atoms with Gasteiger partial charge in [0.15, 0.2) is 0 Å². The maximum Gasteiger partial charge on any atom is 0.322 e. The molecule has 0 fully saturated rings. The predicted octanol–water partition coefficient (Wildman–Crippen LogP) is 0.934. The fourth-order valence-corrected chi connectivity index (χ4v) is 2.19. The number of aromatic hydroxyl groups is 1. The fraction of sp³-hybridized carbons (Fsp3) is 0.167. The molecule has 0 aliphatic heterocycles. The molecule has 0 aliphatic rings. The van der Waals surface area contributed by atoms with Crippen molar-refractivity contribution in [3.63, 3.8) is 0 Å². The van der Waals surface area contributed by atoms with Crippen molar-refractivity contribution in [1.82, 2.24) is 10.6 Å². The number of phenolic OH excluding ortho intramolecular Hbond substituents is 1. The lowest BCUT2D eigenvalue weighted by Gasteiger charge is -2.18. The van der Waals surface area contributed by atoms with E-state index in [0.717, 1.165) is 0 Å². The van der Waals surface area contributed by atoms with Gasteiger partial charge in [-0.15, -0.1) is 0 Å². The number of hydrogen-bond acceptors (Lipinski definition) is 4. The molecule has 0 spiro atoms. The van der Waals surface area contributed by atoms with Crippen molar-refractivity contribution < 1.29 is 24.6 Å². The van der Waals surface area contributed by atoms with Crippen LogP contribution in [0.15, 0.2) is 54.6 Å². The van der Waals surface area contributed by atoms with E-state index in [9.17, 15) is 19.5 Å². The third-order valence-electron chi connectivity index (χ3n) is 3.45. The zero-order valence-corrected chi connectivity index (χ0v) is 13.3. The quantitative estimate of drug-likeness (QED) is 0.597. The number of aliphatic carboxylic acids is 1. The average molecular weight is 342 g/mol. The zero-order valence-electron chi connectivity index (χ0n) is 13.3. The number of benzene rings is 2. The monoisotopic (exact) mass is 342 g/mol. The van der Waals surface area contributed by atoms with Crippen molar-refractivity contribution in [3.05, 3.63) is 65.7 Å². The number of carbonyl (C=O) groups excluding carboxylic acids is 2. The first-order valence-corrected chi connectivity index (χ1v) is 7.59. The summed E-state index contributed by atoms with van der Waals surface area (Å²) in [5.41, 5.74) is 1.10. The first kappa shape index (κ1) is 18.0. The van der Waals surface area contributed by atoms with Crippen LogP contribution >= 0.6 is 0 Å². The molecule has 0 bridgehead atoms. The standard InChI is InChI=1S/C18H18N2O5/c21-14-8-6-12(7-9-14)10-15(18(25)19-11-16(22)23)20-17(24)13-4-2-1-3-5-13/h1-9,15,21H,10-11H2,(H,19,25)(H,20,24)(H,22,23)/t15-/m0/s1. The van der Waals surface area contributed by atoms with E-state index in [0.29, 0.717) is 11.1 Å². The Balaban J connectivity index is 2.12. The van der Waals surface area contributed by atoms with Crippen molar-refractivity contribution >= 4 is 17.8 Å². The minimum atomic E-state index is -1.17. The molecule has 0 saturated carbocycles. The largest absolute Gasteiger partial charge is 0.508 e. The first-order chi connectivity index (χ1) is 12.0. The summed E-state index contributed by atoms with van der Waals surface area (Å²) in [6, 6.07) is 13.7. The van der Waals surface area contributed by atoms with Gasteiger partial charge in [-0.05, 0) is 29.8 Å². The number of hydrogen-bond donors (Lipinski definition) is 4. The summed E-state index contributed by atoms with van der Waals surface area (Å²) in [6.07, 6.45) is 0.157. The number of phenols is 1. The number of carboxylic acid groups (broad SMARTS) is 1. The van der Waals surface area contributed by atoms with Gasteiger partial charge >= 0.3 is 5.97 Å². The van der Waals surface area contributed by atoms with Crippen LogP contribution in [0.3, 0.4) is 0 Å². The molecular weight excluding hydrogens is 324 g/mol. The third kappa shape index (κ3) is 5.65. The molecule has 25 heavy (non-hydrogen) atoms. The normalized spacial score (nSPS) is 11.4. The van der Waals surface area contributed by atoms with Gasteiger partial charge in [-0.25, -0.2) is 0 Å². The van der Waals surface area contributed by atoms with Crippen LogP contribution in [0.2, 0.25) is 0 Å². The highest BCUT2D eigenvalue weighted by Gasteiger charge is 2.22. The van der Waals surface area contributed by atoms with E-state index in [-0.39, 0.29) is 12.2 Å². The van der Waals surface area contributed by atoms with Gasteiger partial charge in [-0.1, -0.05) is 30.3 Å². The Morgan fingerprint density at radius 1 is 0.960 bits per heavy atom. The summed E-state index contributed by atoms with van der Waals surface area (Å²) in [5.74, 6) is -2.12.